The van der Waals surface area contributed by atoms with Crippen LogP contribution in [0.5, 0.6) is 0 Å². The molecule has 0 aliphatic carbocycles. The van der Waals surface area contributed by atoms with E-state index in [0.29, 0.717) is 11.1 Å². The number of nitrogens with zero attached hydrogens (tertiary/aromatic N) is 2. The van der Waals surface area contributed by atoms with E-state index >= 15 is 0 Å². The van der Waals surface area contributed by atoms with Crippen molar-refractivity contribution in [3.05, 3.63) is 28.4 Å². The summed E-state index contributed by atoms with van der Waals surface area (Å²) in [5.74, 6) is -0.445. The van der Waals surface area contributed by atoms with Crippen molar-refractivity contribution < 1.29 is 4.79 Å². The molecule has 1 amide bonds. The van der Waals surface area contributed by atoms with Gasteiger partial charge in [-0.15, -0.1) is 0 Å². The maximum absolute atomic E-state index is 11.5. The summed E-state index contributed by atoms with van der Waals surface area (Å²) >= 11 is 3.63. The Morgan fingerprint density at radius 3 is 3.00 bits per heavy atom. The largest absolute Gasteiger partial charge is 0.366 e. The molecule has 0 saturated carbocycles. The van der Waals surface area contributed by atoms with Crippen molar-refractivity contribution in [2.24, 2.45) is 5.73 Å². The van der Waals surface area contributed by atoms with Gasteiger partial charge in [-0.1, -0.05) is 6.07 Å². The molecule has 2 aromatic rings. The molecule has 20 heavy (non-hydrogen) atoms. The average molecular weight is 337 g/mol. The molecular weight excluding hydrogens is 320 g/mol. The molecule has 2 heterocycles. The third-order valence-electron chi connectivity index (χ3n) is 4.00. The average Bonchev–Trinajstić information content (AvgIpc) is 2.78. The van der Waals surface area contributed by atoms with Gasteiger partial charge in [0.25, 0.3) is 5.91 Å². The number of fused-ring (bicyclic) bond motifs is 1. The van der Waals surface area contributed by atoms with E-state index in [0.717, 1.165) is 35.9 Å². The third kappa shape index (κ3) is 2.03. The Kier molecular flexibility index (Phi) is 3.30. The highest BCUT2D eigenvalue weighted by molar-refractivity contribution is 9.10. The van der Waals surface area contributed by atoms with Crippen molar-refractivity contribution in [2.45, 2.75) is 25.3 Å². The molecule has 0 radical (unpaired) electrons. The van der Waals surface area contributed by atoms with Crippen molar-refractivity contribution in [1.82, 2.24) is 15.1 Å². The molecule has 0 spiro atoms. The summed E-state index contributed by atoms with van der Waals surface area (Å²) in [6.07, 6.45) is 2.17. The molecule has 1 fully saturated rings. The number of hydrogen-bond donors (Lipinski definition) is 2. The van der Waals surface area contributed by atoms with Crippen LogP contribution in [0.4, 0.5) is 0 Å². The predicted octanol–water partition coefficient (Wildman–Crippen LogP) is 2.00. The van der Waals surface area contributed by atoms with Gasteiger partial charge in [0.2, 0.25) is 0 Å². The molecule has 0 bridgehead atoms. The number of carbonyl (C=O) groups excluding carboxylic acids is 1. The van der Waals surface area contributed by atoms with Crippen LogP contribution in [0.15, 0.2) is 22.8 Å². The van der Waals surface area contributed by atoms with Gasteiger partial charge in [0.1, 0.15) is 10.1 Å². The number of piperidine rings is 1. The van der Waals surface area contributed by atoms with Crippen LogP contribution in [0.2, 0.25) is 0 Å². The minimum atomic E-state index is -0.445. The molecule has 6 heteroatoms. The minimum Gasteiger partial charge on any atom is -0.366 e. The van der Waals surface area contributed by atoms with E-state index in [1.165, 1.54) is 0 Å². The molecule has 1 aromatic carbocycles. The highest BCUT2D eigenvalue weighted by Gasteiger charge is 2.32. The molecule has 106 valence electrons. The van der Waals surface area contributed by atoms with Gasteiger partial charge < -0.3 is 11.1 Å². The number of halogens is 1. The lowest BCUT2D eigenvalue weighted by Gasteiger charge is -2.35. The Labute approximate surface area is 125 Å². The van der Waals surface area contributed by atoms with Gasteiger partial charge in [-0.25, -0.2) is 0 Å². The van der Waals surface area contributed by atoms with Gasteiger partial charge in [0.05, 0.1) is 11.1 Å². The summed E-state index contributed by atoms with van der Waals surface area (Å²) in [4.78, 5) is 11.5. The first-order chi connectivity index (χ1) is 9.53. The second-order valence-electron chi connectivity index (χ2n) is 5.55. The van der Waals surface area contributed by atoms with Crippen molar-refractivity contribution >= 4 is 32.7 Å². The quantitative estimate of drug-likeness (QED) is 0.880. The van der Waals surface area contributed by atoms with Gasteiger partial charge in [-0.2, -0.15) is 5.10 Å². The number of primary amides is 1. The number of carbonyl (C=O) groups is 1. The van der Waals surface area contributed by atoms with Crippen LogP contribution in [0, 0.1) is 0 Å². The monoisotopic (exact) mass is 336 g/mol. The van der Waals surface area contributed by atoms with E-state index in [9.17, 15) is 4.79 Å². The number of nitrogens with one attached hydrogen (secondary N) is 1. The minimum absolute atomic E-state index is 0.0922. The van der Waals surface area contributed by atoms with E-state index in [1.807, 2.05) is 16.8 Å². The zero-order chi connectivity index (χ0) is 14.3. The van der Waals surface area contributed by atoms with Crippen molar-refractivity contribution in [3.63, 3.8) is 0 Å². The Bertz CT molecular complexity index is 673. The lowest BCUT2D eigenvalue weighted by atomic mass is 9.93. The van der Waals surface area contributed by atoms with Crippen molar-refractivity contribution in [1.29, 1.82) is 0 Å². The standard InChI is InChI=1S/C14H17BrN4O/c1-14(6-3-7-17-8-14)19-12(15)9-4-2-5-10(13(16)20)11(9)18-19/h2,4-5,17H,3,6-8H2,1H3,(H2,16,20). The van der Waals surface area contributed by atoms with Crippen LogP contribution in [0.25, 0.3) is 10.9 Å². The van der Waals surface area contributed by atoms with E-state index in [-0.39, 0.29) is 5.54 Å². The SMILES string of the molecule is CC1(n2nc3c(C(N)=O)cccc3c2Br)CCCNC1. The number of nitrogens with two attached hydrogens (primary N) is 1. The number of hydrogen-bond acceptors (Lipinski definition) is 3. The predicted molar refractivity (Wildman–Crippen MR) is 81.7 cm³/mol. The Hall–Kier alpha value is -1.40. The third-order valence-corrected chi connectivity index (χ3v) is 4.76. The summed E-state index contributed by atoms with van der Waals surface area (Å²) < 4.78 is 2.89. The lowest BCUT2D eigenvalue weighted by Crippen LogP contribution is -2.46. The van der Waals surface area contributed by atoms with Crippen molar-refractivity contribution in [2.75, 3.05) is 13.1 Å². The molecule has 1 unspecified atom stereocenters. The number of rotatable bonds is 2. The fraction of sp³-hybridized carbons (Fsp3) is 0.429. The summed E-state index contributed by atoms with van der Waals surface area (Å²) in [6.45, 7) is 4.09. The molecule has 1 aromatic heterocycles. The maximum Gasteiger partial charge on any atom is 0.250 e. The Morgan fingerprint density at radius 1 is 1.55 bits per heavy atom. The fourth-order valence-corrected chi connectivity index (χ4v) is 3.68. The van der Waals surface area contributed by atoms with Gasteiger partial charge in [0, 0.05) is 11.9 Å². The highest BCUT2D eigenvalue weighted by Crippen LogP contribution is 2.33. The van der Waals surface area contributed by atoms with Crippen LogP contribution in [0.1, 0.15) is 30.1 Å². The maximum atomic E-state index is 11.5. The first-order valence-corrected chi connectivity index (χ1v) is 7.50. The molecule has 3 N–H and O–H groups in total. The summed E-state index contributed by atoms with van der Waals surface area (Å²) in [5.41, 5.74) is 6.47. The van der Waals surface area contributed by atoms with E-state index in [1.54, 1.807) is 6.07 Å². The van der Waals surface area contributed by atoms with Gasteiger partial charge >= 0.3 is 0 Å². The molecule has 3 rings (SSSR count). The fourth-order valence-electron chi connectivity index (χ4n) is 2.85. The van der Waals surface area contributed by atoms with Crippen LogP contribution in [-0.2, 0) is 5.54 Å². The second kappa shape index (κ2) is 4.86. The zero-order valence-electron chi connectivity index (χ0n) is 11.3. The summed E-state index contributed by atoms with van der Waals surface area (Å²) in [7, 11) is 0. The zero-order valence-corrected chi connectivity index (χ0v) is 12.9. The van der Waals surface area contributed by atoms with Crippen molar-refractivity contribution in [3.8, 4) is 0 Å². The Balaban J connectivity index is 2.20. The van der Waals surface area contributed by atoms with E-state index in [4.69, 9.17) is 5.73 Å². The highest BCUT2D eigenvalue weighted by atomic mass is 79.9. The van der Waals surface area contributed by atoms with Crippen LogP contribution < -0.4 is 11.1 Å². The first-order valence-electron chi connectivity index (χ1n) is 6.71. The van der Waals surface area contributed by atoms with Crippen LogP contribution >= 0.6 is 15.9 Å². The second-order valence-corrected chi connectivity index (χ2v) is 6.30. The van der Waals surface area contributed by atoms with Gasteiger partial charge in [-0.3, -0.25) is 9.48 Å². The number of aromatic nitrogens is 2. The normalized spacial score (nSPS) is 23.1. The molecule has 5 nitrogen and oxygen atoms in total. The first kappa shape index (κ1) is 13.6. The topological polar surface area (TPSA) is 72.9 Å². The number of benzene rings is 1. The van der Waals surface area contributed by atoms with Gasteiger partial charge in [0.15, 0.2) is 0 Å². The van der Waals surface area contributed by atoms with Crippen LogP contribution in [0.3, 0.4) is 0 Å². The van der Waals surface area contributed by atoms with Crippen LogP contribution in [-0.4, -0.2) is 28.8 Å². The summed E-state index contributed by atoms with van der Waals surface area (Å²) in [6, 6.07) is 5.51. The molecule has 1 aliphatic heterocycles. The molecular formula is C14H17BrN4O. The smallest absolute Gasteiger partial charge is 0.250 e. The lowest BCUT2D eigenvalue weighted by molar-refractivity contribution is 0.100. The van der Waals surface area contributed by atoms with E-state index in [2.05, 4.69) is 33.3 Å². The number of amides is 1. The van der Waals surface area contributed by atoms with E-state index < -0.39 is 5.91 Å². The molecule has 1 aliphatic rings. The molecule has 1 saturated heterocycles. The molecule has 1 atom stereocenters. The Morgan fingerprint density at radius 2 is 2.35 bits per heavy atom. The summed E-state index contributed by atoms with van der Waals surface area (Å²) in [5, 5.41) is 8.99. The van der Waals surface area contributed by atoms with Gasteiger partial charge in [-0.05, 0) is 54.4 Å².